The Labute approximate surface area is 118 Å². The van der Waals surface area contributed by atoms with Crippen LogP contribution >= 0.6 is 0 Å². The van der Waals surface area contributed by atoms with E-state index < -0.39 is 5.60 Å². The fourth-order valence-corrected chi connectivity index (χ4v) is 2.19. The molecule has 6 heteroatoms. The Hall–Kier alpha value is -1.53. The van der Waals surface area contributed by atoms with Gasteiger partial charge in [-0.3, -0.25) is 9.78 Å². The fraction of sp³-hybridized carbons (Fsp3) is 0.643. The molecule has 0 aromatic carbocycles. The van der Waals surface area contributed by atoms with Crippen LogP contribution in [0.4, 0.5) is 0 Å². The highest BCUT2D eigenvalue weighted by atomic mass is 16.5. The summed E-state index contributed by atoms with van der Waals surface area (Å²) in [5.41, 5.74) is 1.61. The second-order valence-electron chi connectivity index (χ2n) is 5.35. The standard InChI is InChI=1S/C14H21N3O3/c1-9-10(2)17-12(11(3)16-9)13(18)15-8-14(19)4-6-20-7-5-14/h19H,4-8H2,1-3H3,(H,15,18). The van der Waals surface area contributed by atoms with Gasteiger partial charge in [-0.2, -0.15) is 0 Å². The van der Waals surface area contributed by atoms with Gasteiger partial charge in [0.05, 0.1) is 22.7 Å². The number of amides is 1. The van der Waals surface area contributed by atoms with Crippen LogP contribution in [0, 0.1) is 20.8 Å². The first-order chi connectivity index (χ1) is 9.41. The largest absolute Gasteiger partial charge is 0.388 e. The predicted octanol–water partition coefficient (Wildman–Crippen LogP) is 0.673. The molecule has 0 atom stereocenters. The van der Waals surface area contributed by atoms with Gasteiger partial charge in [0.25, 0.3) is 5.91 Å². The summed E-state index contributed by atoms with van der Waals surface area (Å²) >= 11 is 0. The molecule has 2 N–H and O–H groups in total. The summed E-state index contributed by atoms with van der Waals surface area (Å²) in [6.07, 6.45) is 1.07. The second kappa shape index (κ2) is 5.85. The molecule has 1 fully saturated rings. The van der Waals surface area contributed by atoms with E-state index in [1.54, 1.807) is 6.92 Å². The van der Waals surface area contributed by atoms with Crippen LogP contribution < -0.4 is 5.32 Å². The third kappa shape index (κ3) is 3.32. The summed E-state index contributed by atoms with van der Waals surface area (Å²) < 4.78 is 5.21. The second-order valence-corrected chi connectivity index (χ2v) is 5.35. The van der Waals surface area contributed by atoms with Crippen LogP contribution in [0.3, 0.4) is 0 Å². The molecule has 1 aromatic heterocycles. The number of hydrogen-bond acceptors (Lipinski definition) is 5. The summed E-state index contributed by atoms with van der Waals surface area (Å²) in [4.78, 5) is 20.7. The van der Waals surface area contributed by atoms with Crippen LogP contribution in [0.2, 0.25) is 0 Å². The third-order valence-electron chi connectivity index (χ3n) is 3.70. The molecule has 0 radical (unpaired) electrons. The lowest BCUT2D eigenvalue weighted by atomic mass is 9.94. The minimum atomic E-state index is -0.880. The predicted molar refractivity (Wildman–Crippen MR) is 73.6 cm³/mol. The van der Waals surface area contributed by atoms with E-state index in [2.05, 4.69) is 15.3 Å². The van der Waals surface area contributed by atoms with Gasteiger partial charge in [0.1, 0.15) is 5.69 Å². The van der Waals surface area contributed by atoms with E-state index in [1.807, 2.05) is 13.8 Å². The van der Waals surface area contributed by atoms with Crippen molar-refractivity contribution >= 4 is 5.91 Å². The number of rotatable bonds is 3. The molecule has 1 saturated heterocycles. The van der Waals surface area contributed by atoms with E-state index in [1.165, 1.54) is 0 Å². The SMILES string of the molecule is Cc1nc(C)c(C(=O)NCC2(O)CCOCC2)nc1C. The molecule has 0 unspecified atom stereocenters. The van der Waals surface area contributed by atoms with Gasteiger partial charge in [-0.15, -0.1) is 0 Å². The highest BCUT2D eigenvalue weighted by Gasteiger charge is 2.30. The van der Waals surface area contributed by atoms with Gasteiger partial charge in [0.2, 0.25) is 0 Å². The van der Waals surface area contributed by atoms with Crippen molar-refractivity contribution in [2.24, 2.45) is 0 Å². The maximum Gasteiger partial charge on any atom is 0.271 e. The number of aliphatic hydroxyl groups is 1. The van der Waals surface area contributed by atoms with Gasteiger partial charge in [0, 0.05) is 32.6 Å². The van der Waals surface area contributed by atoms with Crippen molar-refractivity contribution in [2.45, 2.75) is 39.2 Å². The molecule has 1 amide bonds. The lowest BCUT2D eigenvalue weighted by Crippen LogP contribution is -2.46. The van der Waals surface area contributed by atoms with Gasteiger partial charge in [-0.25, -0.2) is 4.98 Å². The Bertz CT molecular complexity index is 511. The van der Waals surface area contributed by atoms with E-state index >= 15 is 0 Å². The zero-order valence-corrected chi connectivity index (χ0v) is 12.2. The average Bonchev–Trinajstić information content (AvgIpc) is 2.41. The Morgan fingerprint density at radius 2 is 1.80 bits per heavy atom. The molecule has 1 aliphatic heterocycles. The van der Waals surface area contributed by atoms with Gasteiger partial charge >= 0.3 is 0 Å². The summed E-state index contributed by atoms with van der Waals surface area (Å²) in [7, 11) is 0. The number of aromatic nitrogens is 2. The lowest BCUT2D eigenvalue weighted by molar-refractivity contribution is -0.0605. The summed E-state index contributed by atoms with van der Waals surface area (Å²) in [5.74, 6) is -0.294. The molecule has 2 rings (SSSR count). The zero-order chi connectivity index (χ0) is 14.8. The maximum absolute atomic E-state index is 12.2. The van der Waals surface area contributed by atoms with Crippen molar-refractivity contribution in [3.8, 4) is 0 Å². The molecule has 20 heavy (non-hydrogen) atoms. The van der Waals surface area contributed by atoms with Crippen molar-refractivity contribution in [3.05, 3.63) is 22.8 Å². The molecule has 0 saturated carbocycles. The van der Waals surface area contributed by atoms with Crippen LogP contribution in [-0.2, 0) is 4.74 Å². The Kier molecular flexibility index (Phi) is 4.35. The first-order valence-corrected chi connectivity index (χ1v) is 6.81. The third-order valence-corrected chi connectivity index (χ3v) is 3.70. The van der Waals surface area contributed by atoms with Gasteiger partial charge in [-0.1, -0.05) is 0 Å². The number of nitrogens with one attached hydrogen (secondary N) is 1. The smallest absolute Gasteiger partial charge is 0.271 e. The average molecular weight is 279 g/mol. The highest BCUT2D eigenvalue weighted by molar-refractivity contribution is 5.93. The molecular formula is C14H21N3O3. The van der Waals surface area contributed by atoms with Crippen LogP contribution in [0.5, 0.6) is 0 Å². The molecule has 6 nitrogen and oxygen atoms in total. The molecule has 0 aliphatic carbocycles. The van der Waals surface area contributed by atoms with Gasteiger partial charge < -0.3 is 15.2 Å². The molecule has 2 heterocycles. The lowest BCUT2D eigenvalue weighted by Gasteiger charge is -2.32. The Morgan fingerprint density at radius 1 is 1.20 bits per heavy atom. The summed E-state index contributed by atoms with van der Waals surface area (Å²) in [6, 6.07) is 0. The van der Waals surface area contributed by atoms with E-state index in [9.17, 15) is 9.90 Å². The number of hydrogen-bond donors (Lipinski definition) is 2. The number of aryl methyl sites for hydroxylation is 3. The highest BCUT2D eigenvalue weighted by Crippen LogP contribution is 2.19. The maximum atomic E-state index is 12.2. The van der Waals surface area contributed by atoms with Crippen molar-refractivity contribution in [2.75, 3.05) is 19.8 Å². The van der Waals surface area contributed by atoms with Crippen molar-refractivity contribution < 1.29 is 14.6 Å². The van der Waals surface area contributed by atoms with E-state index in [-0.39, 0.29) is 12.5 Å². The van der Waals surface area contributed by atoms with Crippen molar-refractivity contribution in [1.82, 2.24) is 15.3 Å². The normalized spacial score (nSPS) is 17.8. The first-order valence-electron chi connectivity index (χ1n) is 6.81. The molecule has 1 aliphatic rings. The van der Waals surface area contributed by atoms with Crippen molar-refractivity contribution in [3.63, 3.8) is 0 Å². The van der Waals surface area contributed by atoms with Crippen molar-refractivity contribution in [1.29, 1.82) is 0 Å². The number of ether oxygens (including phenoxy) is 1. The number of nitrogens with zero attached hydrogens (tertiary/aromatic N) is 2. The van der Waals surface area contributed by atoms with E-state index in [0.717, 1.165) is 11.4 Å². The number of carbonyl (C=O) groups is 1. The van der Waals surface area contributed by atoms with Gasteiger partial charge in [0.15, 0.2) is 0 Å². The topological polar surface area (TPSA) is 84.3 Å². The fourth-order valence-electron chi connectivity index (χ4n) is 2.19. The molecular weight excluding hydrogens is 258 g/mol. The van der Waals surface area contributed by atoms with Crippen LogP contribution in [0.1, 0.15) is 40.4 Å². The monoisotopic (exact) mass is 279 g/mol. The van der Waals surface area contributed by atoms with Gasteiger partial charge in [-0.05, 0) is 20.8 Å². The quantitative estimate of drug-likeness (QED) is 0.849. The Balaban J connectivity index is 2.03. The van der Waals surface area contributed by atoms with Crippen LogP contribution in [0.15, 0.2) is 0 Å². The van der Waals surface area contributed by atoms with E-state index in [0.29, 0.717) is 37.4 Å². The Morgan fingerprint density at radius 3 is 2.45 bits per heavy atom. The molecule has 110 valence electrons. The minimum Gasteiger partial charge on any atom is -0.388 e. The van der Waals surface area contributed by atoms with E-state index in [4.69, 9.17) is 4.74 Å². The summed E-state index contributed by atoms with van der Waals surface area (Å²) in [5, 5.41) is 13.1. The minimum absolute atomic E-state index is 0.212. The zero-order valence-electron chi connectivity index (χ0n) is 12.2. The van der Waals surface area contributed by atoms with Crippen LogP contribution in [-0.4, -0.2) is 46.3 Å². The molecule has 1 aromatic rings. The first kappa shape index (κ1) is 14.9. The summed E-state index contributed by atoms with van der Waals surface area (Å²) in [6.45, 7) is 6.71. The molecule has 0 bridgehead atoms. The molecule has 0 spiro atoms. The number of carbonyl (C=O) groups excluding carboxylic acids is 1. The van der Waals surface area contributed by atoms with Crippen LogP contribution in [0.25, 0.3) is 0 Å².